The summed E-state index contributed by atoms with van der Waals surface area (Å²) in [7, 11) is 0. The highest BCUT2D eigenvalue weighted by Gasteiger charge is 2.30. The van der Waals surface area contributed by atoms with Gasteiger partial charge < -0.3 is 10.2 Å². The highest BCUT2D eigenvalue weighted by molar-refractivity contribution is 6.30. The molecule has 4 nitrogen and oxygen atoms in total. The summed E-state index contributed by atoms with van der Waals surface area (Å²) in [6.45, 7) is 6.19. The van der Waals surface area contributed by atoms with E-state index >= 15 is 0 Å². The summed E-state index contributed by atoms with van der Waals surface area (Å²) < 4.78 is 0. The van der Waals surface area contributed by atoms with Gasteiger partial charge in [-0.25, -0.2) is 0 Å². The molecule has 1 N–H and O–H groups in total. The Balaban J connectivity index is 1.58. The van der Waals surface area contributed by atoms with Gasteiger partial charge in [-0.05, 0) is 30.7 Å². The molecule has 5 heteroatoms. The molecule has 2 aromatic rings. The zero-order valence-corrected chi connectivity index (χ0v) is 14.7. The molecule has 1 unspecified atom stereocenters. The lowest BCUT2D eigenvalue weighted by Gasteiger charge is -2.19. The molecule has 2 aromatic carbocycles. The molecular weight excluding hydrogens is 336 g/mol. The third-order valence-electron chi connectivity index (χ3n) is 4.33. The first kappa shape index (κ1) is 17.2. The van der Waals surface area contributed by atoms with Gasteiger partial charge in [0.15, 0.2) is 0 Å². The molecule has 25 heavy (non-hydrogen) atoms. The molecule has 128 valence electrons. The van der Waals surface area contributed by atoms with E-state index in [9.17, 15) is 9.59 Å². The lowest BCUT2D eigenvalue weighted by Crippen LogP contribution is -2.32. The molecule has 0 aliphatic carbocycles. The molecule has 1 aliphatic rings. The van der Waals surface area contributed by atoms with Gasteiger partial charge in [-0.2, -0.15) is 0 Å². The van der Waals surface area contributed by atoms with E-state index in [-0.39, 0.29) is 24.3 Å². The predicted octanol–water partition coefficient (Wildman–Crippen LogP) is 4.03. The van der Waals surface area contributed by atoms with Crippen LogP contribution in [0.2, 0.25) is 5.02 Å². The van der Waals surface area contributed by atoms with Gasteiger partial charge in [0.2, 0.25) is 5.91 Å². The second kappa shape index (κ2) is 7.11. The van der Waals surface area contributed by atoms with Crippen molar-refractivity contribution >= 4 is 29.1 Å². The van der Waals surface area contributed by atoms with Crippen LogP contribution in [-0.4, -0.2) is 23.3 Å². The molecule has 0 saturated carbocycles. The van der Waals surface area contributed by atoms with Crippen LogP contribution in [-0.2, 0) is 4.79 Å². The first-order valence-corrected chi connectivity index (χ1v) is 8.50. The summed E-state index contributed by atoms with van der Waals surface area (Å²) in [5.41, 5.74) is 3.06. The fourth-order valence-electron chi connectivity index (χ4n) is 2.96. The zero-order valence-electron chi connectivity index (χ0n) is 14.0. The molecule has 0 aromatic heterocycles. The first-order chi connectivity index (χ1) is 12.0. The van der Waals surface area contributed by atoms with Crippen LogP contribution in [0.1, 0.15) is 40.9 Å². The van der Waals surface area contributed by atoms with Crippen molar-refractivity contribution in [1.82, 2.24) is 10.2 Å². The number of benzene rings is 2. The summed E-state index contributed by atoms with van der Waals surface area (Å²) in [6.07, 6.45) is 0.212. The molecule has 3 rings (SSSR count). The van der Waals surface area contributed by atoms with E-state index in [0.717, 1.165) is 11.1 Å². The Morgan fingerprint density at radius 2 is 1.92 bits per heavy atom. The number of hydrogen-bond donors (Lipinski definition) is 1. The second-order valence-corrected chi connectivity index (χ2v) is 6.48. The number of nitrogens with zero attached hydrogens (tertiary/aromatic N) is 1. The summed E-state index contributed by atoms with van der Waals surface area (Å²) in [4.78, 5) is 26.2. The number of halogens is 1. The molecule has 0 spiro atoms. The third-order valence-corrected chi connectivity index (χ3v) is 4.56. The number of carbonyl (C=O) groups is 2. The average Bonchev–Trinajstić information content (AvgIpc) is 2.84. The van der Waals surface area contributed by atoms with Crippen molar-refractivity contribution in [3.63, 3.8) is 0 Å². The van der Waals surface area contributed by atoms with Crippen LogP contribution in [0.5, 0.6) is 0 Å². The van der Waals surface area contributed by atoms with Crippen LogP contribution < -0.4 is 5.32 Å². The van der Waals surface area contributed by atoms with Gasteiger partial charge >= 0.3 is 0 Å². The minimum Gasteiger partial charge on any atom is -0.350 e. The van der Waals surface area contributed by atoms with Gasteiger partial charge in [0, 0.05) is 34.8 Å². The van der Waals surface area contributed by atoms with E-state index < -0.39 is 0 Å². The largest absolute Gasteiger partial charge is 0.350 e. The summed E-state index contributed by atoms with van der Waals surface area (Å²) >= 11 is 5.98. The number of fused-ring (bicyclic) bond motifs is 1. The van der Waals surface area contributed by atoms with Crippen molar-refractivity contribution in [2.45, 2.75) is 19.4 Å². The Hall–Kier alpha value is -2.59. The maximum absolute atomic E-state index is 12.4. The van der Waals surface area contributed by atoms with E-state index in [0.29, 0.717) is 22.8 Å². The minimum absolute atomic E-state index is 0.101. The summed E-state index contributed by atoms with van der Waals surface area (Å²) in [5.74, 6) is -0.222. The number of carbonyl (C=O) groups excluding carboxylic acids is 2. The quantitative estimate of drug-likeness (QED) is 0.881. The van der Waals surface area contributed by atoms with Crippen LogP contribution in [0.25, 0.3) is 5.70 Å². The van der Waals surface area contributed by atoms with E-state index in [2.05, 4.69) is 11.9 Å². The summed E-state index contributed by atoms with van der Waals surface area (Å²) in [5, 5.41) is 3.57. The Bertz CT molecular complexity index is 812. The van der Waals surface area contributed by atoms with Crippen molar-refractivity contribution < 1.29 is 9.59 Å². The van der Waals surface area contributed by atoms with Crippen LogP contribution >= 0.6 is 11.6 Å². The Labute approximate surface area is 152 Å². The van der Waals surface area contributed by atoms with Crippen molar-refractivity contribution in [3.8, 4) is 0 Å². The number of hydrogen-bond acceptors (Lipinski definition) is 2. The van der Waals surface area contributed by atoms with Crippen LogP contribution in [0, 0.1) is 0 Å². The van der Waals surface area contributed by atoms with Crippen LogP contribution in [0.3, 0.4) is 0 Å². The third kappa shape index (κ3) is 3.59. The van der Waals surface area contributed by atoms with Crippen molar-refractivity contribution in [2.75, 3.05) is 6.54 Å². The first-order valence-electron chi connectivity index (χ1n) is 8.12. The van der Waals surface area contributed by atoms with Gasteiger partial charge in [0.05, 0.1) is 6.04 Å². The normalized spacial score (nSPS) is 14.4. The van der Waals surface area contributed by atoms with E-state index in [1.807, 2.05) is 43.3 Å². The molecule has 1 heterocycles. The lowest BCUT2D eigenvalue weighted by atomic mass is 10.1. The molecule has 0 fully saturated rings. The molecule has 1 atom stereocenters. The number of rotatable bonds is 5. The molecule has 1 aliphatic heterocycles. The van der Waals surface area contributed by atoms with Crippen molar-refractivity contribution in [2.24, 2.45) is 0 Å². The topological polar surface area (TPSA) is 49.4 Å². The van der Waals surface area contributed by atoms with Crippen molar-refractivity contribution in [3.05, 3.63) is 76.8 Å². The van der Waals surface area contributed by atoms with E-state index in [1.165, 1.54) is 0 Å². The number of nitrogens with one attached hydrogen (secondary N) is 1. The van der Waals surface area contributed by atoms with Gasteiger partial charge in [-0.1, -0.05) is 48.5 Å². The molecular formula is C20H19ClN2O2. The van der Waals surface area contributed by atoms with Gasteiger partial charge in [-0.3, -0.25) is 9.59 Å². The molecule has 2 amide bonds. The molecule has 0 saturated heterocycles. The maximum Gasteiger partial charge on any atom is 0.258 e. The molecule has 0 bridgehead atoms. The predicted molar refractivity (Wildman–Crippen MR) is 99.1 cm³/mol. The fourth-order valence-corrected chi connectivity index (χ4v) is 3.16. The highest BCUT2D eigenvalue weighted by Crippen LogP contribution is 2.31. The Morgan fingerprint density at radius 3 is 2.60 bits per heavy atom. The van der Waals surface area contributed by atoms with Gasteiger partial charge in [-0.15, -0.1) is 0 Å². The van der Waals surface area contributed by atoms with Crippen LogP contribution in [0.4, 0.5) is 0 Å². The van der Waals surface area contributed by atoms with E-state index in [4.69, 9.17) is 11.6 Å². The standard InChI is InChI=1S/C20H19ClN2O2/c1-13(15-6-5-7-16(21)12-15)22-19(24)10-11-23-14(2)17-8-3-4-9-18(17)20(23)25/h3-9,12-13H,2,10-11H2,1H3,(H,22,24). The molecule has 0 radical (unpaired) electrons. The summed E-state index contributed by atoms with van der Waals surface area (Å²) in [6, 6.07) is 14.6. The zero-order chi connectivity index (χ0) is 18.0. The minimum atomic E-state index is -0.152. The highest BCUT2D eigenvalue weighted by atomic mass is 35.5. The Morgan fingerprint density at radius 1 is 1.20 bits per heavy atom. The SMILES string of the molecule is C=C1c2ccccc2C(=O)N1CCC(=O)NC(C)c1cccc(Cl)c1. The maximum atomic E-state index is 12.4. The number of amides is 2. The van der Waals surface area contributed by atoms with Gasteiger partial charge in [0.1, 0.15) is 0 Å². The fraction of sp³-hybridized carbons (Fsp3) is 0.200. The smallest absolute Gasteiger partial charge is 0.258 e. The van der Waals surface area contributed by atoms with Gasteiger partial charge in [0.25, 0.3) is 5.91 Å². The van der Waals surface area contributed by atoms with E-state index in [1.54, 1.807) is 17.0 Å². The lowest BCUT2D eigenvalue weighted by molar-refractivity contribution is -0.121. The monoisotopic (exact) mass is 354 g/mol. The van der Waals surface area contributed by atoms with Crippen LogP contribution in [0.15, 0.2) is 55.1 Å². The van der Waals surface area contributed by atoms with Crippen molar-refractivity contribution in [1.29, 1.82) is 0 Å². The Kier molecular flexibility index (Phi) is 4.91. The second-order valence-electron chi connectivity index (χ2n) is 6.04. The average molecular weight is 355 g/mol.